The summed E-state index contributed by atoms with van der Waals surface area (Å²) in [6, 6.07) is 16.7. The topological polar surface area (TPSA) is 55.0 Å². The van der Waals surface area contributed by atoms with Crippen molar-refractivity contribution < 1.29 is 9.73 Å². The lowest BCUT2D eigenvalue weighted by atomic mass is 9.87. The van der Waals surface area contributed by atoms with Crippen molar-refractivity contribution >= 4 is 39.2 Å². The van der Waals surface area contributed by atoms with E-state index in [1.165, 1.54) is 49.6 Å². The van der Waals surface area contributed by atoms with Crippen LogP contribution in [0.3, 0.4) is 0 Å². The van der Waals surface area contributed by atoms with Crippen LogP contribution < -0.4 is 10.7 Å². The number of benzene rings is 3. The van der Waals surface area contributed by atoms with Crippen molar-refractivity contribution in [1.29, 1.82) is 0 Å². The highest BCUT2D eigenvalue weighted by Gasteiger charge is 2.17. The number of alkyl halides is 1. The molecule has 3 aliphatic rings. The first kappa shape index (κ1) is 21.4. The summed E-state index contributed by atoms with van der Waals surface area (Å²) in [5.41, 5.74) is 3.85. The molecule has 0 saturated heterocycles. The van der Waals surface area contributed by atoms with E-state index in [9.17, 15) is 0 Å². The first-order valence-electron chi connectivity index (χ1n) is 12.0. The summed E-state index contributed by atoms with van der Waals surface area (Å²) in [7, 11) is 0. The fourth-order valence-electron chi connectivity index (χ4n) is 4.96. The molecule has 0 aromatic heterocycles. The van der Waals surface area contributed by atoms with Crippen molar-refractivity contribution in [2.75, 3.05) is 19.0 Å². The second-order valence-corrected chi connectivity index (χ2v) is 9.31. The molecule has 1 aliphatic heterocycles. The number of rotatable bonds is 7. The minimum atomic E-state index is 0.626. The Morgan fingerprint density at radius 1 is 1.03 bits per heavy atom. The third-order valence-electron chi connectivity index (χ3n) is 6.66. The fraction of sp³-hybridized carbons (Fsp3) is 0.407. The van der Waals surface area contributed by atoms with Gasteiger partial charge in [0.15, 0.2) is 11.3 Å². The molecule has 2 N–H and O–H groups in total. The van der Waals surface area contributed by atoms with Gasteiger partial charge < -0.3 is 9.73 Å². The summed E-state index contributed by atoms with van der Waals surface area (Å²) in [5.74, 6) is 2.29. The van der Waals surface area contributed by atoms with Gasteiger partial charge in [0.2, 0.25) is 0 Å². The Labute approximate surface area is 194 Å². The quantitative estimate of drug-likeness (QED) is 0.128. The van der Waals surface area contributed by atoms with E-state index in [0.717, 1.165) is 58.7 Å². The minimum Gasteiger partial charge on any atom is -0.452 e. The average molecular weight is 449 g/mol. The summed E-state index contributed by atoms with van der Waals surface area (Å²) in [6.45, 7) is 1.84. The van der Waals surface area contributed by atoms with Gasteiger partial charge in [-0.25, -0.2) is 4.98 Å². The van der Waals surface area contributed by atoms with Crippen LogP contribution in [-0.4, -0.2) is 24.0 Å². The molecule has 32 heavy (non-hydrogen) atoms. The molecule has 166 valence electrons. The third kappa shape index (κ3) is 4.67. The second-order valence-electron chi connectivity index (χ2n) is 8.93. The van der Waals surface area contributed by atoms with Crippen molar-refractivity contribution in [3.63, 3.8) is 0 Å². The molecule has 0 unspecified atom stereocenters. The molecular formula is C27H31ClN3O+. The van der Waals surface area contributed by atoms with E-state index in [0.29, 0.717) is 5.88 Å². The monoisotopic (exact) mass is 448 g/mol. The Morgan fingerprint density at radius 2 is 1.88 bits per heavy atom. The number of aromatic nitrogens is 1. The van der Waals surface area contributed by atoms with Crippen molar-refractivity contribution in [2.45, 2.75) is 44.9 Å². The highest BCUT2D eigenvalue weighted by molar-refractivity contribution is 6.17. The Balaban J connectivity index is 1.50. The van der Waals surface area contributed by atoms with Gasteiger partial charge in [0.25, 0.3) is 0 Å². The van der Waals surface area contributed by atoms with E-state index in [2.05, 4.69) is 40.6 Å². The van der Waals surface area contributed by atoms with Gasteiger partial charge in [0.05, 0.1) is 11.9 Å². The normalized spacial score (nSPS) is 15.8. The Kier molecular flexibility index (Phi) is 6.70. The predicted molar refractivity (Wildman–Crippen MR) is 132 cm³/mol. The summed E-state index contributed by atoms with van der Waals surface area (Å²) in [4.78, 5) is 9.57. The predicted octanol–water partition coefficient (Wildman–Crippen LogP) is 5.78. The summed E-state index contributed by atoms with van der Waals surface area (Å²) in [6.07, 6.45) is 9.18. The molecular weight excluding hydrogens is 418 g/mol. The van der Waals surface area contributed by atoms with Gasteiger partial charge in [-0.15, -0.1) is 11.6 Å². The fourth-order valence-corrected chi connectivity index (χ4v) is 5.08. The number of hydrogen-bond donors (Lipinski definition) is 1. The van der Waals surface area contributed by atoms with Crippen LogP contribution >= 0.6 is 11.6 Å². The van der Waals surface area contributed by atoms with Crippen LogP contribution in [0.5, 0.6) is 0 Å². The van der Waals surface area contributed by atoms with Crippen LogP contribution in [0.15, 0.2) is 57.9 Å². The van der Waals surface area contributed by atoms with Crippen molar-refractivity contribution in [3.05, 3.63) is 53.9 Å². The number of nitrogens with zero attached hydrogens (tertiary/aromatic N) is 2. The van der Waals surface area contributed by atoms with Gasteiger partial charge in [0, 0.05) is 35.3 Å². The minimum absolute atomic E-state index is 0.626. The summed E-state index contributed by atoms with van der Waals surface area (Å²) < 4.78 is 6.37. The van der Waals surface area contributed by atoms with E-state index in [1.807, 2.05) is 18.2 Å². The van der Waals surface area contributed by atoms with E-state index in [4.69, 9.17) is 21.0 Å². The van der Waals surface area contributed by atoms with Crippen LogP contribution in [0.4, 0.5) is 5.69 Å². The van der Waals surface area contributed by atoms with Gasteiger partial charge in [-0.2, -0.15) is 0 Å². The molecule has 0 atom stereocenters. The first-order chi connectivity index (χ1) is 15.8. The Hall–Kier alpha value is -2.43. The molecule has 2 aromatic rings. The third-order valence-corrected chi connectivity index (χ3v) is 6.93. The maximum absolute atomic E-state index is 6.37. The molecule has 2 aliphatic carbocycles. The maximum atomic E-state index is 6.37. The van der Waals surface area contributed by atoms with E-state index >= 15 is 0 Å². The Morgan fingerprint density at radius 3 is 2.72 bits per heavy atom. The molecule has 2 aromatic carbocycles. The Bertz CT molecular complexity index is 1240. The number of fused-ring (bicyclic) bond motifs is 4. The zero-order valence-electron chi connectivity index (χ0n) is 18.5. The smallest absolute Gasteiger partial charge is 0.159 e. The maximum Gasteiger partial charge on any atom is 0.159 e. The summed E-state index contributed by atoms with van der Waals surface area (Å²) >= 11 is 5.78. The molecule has 5 rings (SSSR count). The van der Waals surface area contributed by atoms with Crippen molar-refractivity contribution in [1.82, 2.24) is 4.98 Å². The SMILES string of the molecule is ClCCCN=c1ccc2nc3c(cc([NH2+]CCC4CCCCC4)c4ccccc43)oc-2c1. The van der Waals surface area contributed by atoms with Crippen molar-refractivity contribution in [3.8, 4) is 11.5 Å². The average Bonchev–Trinajstić information content (AvgIpc) is 2.84. The number of nitrogens with two attached hydrogens (primary N) is 1. The van der Waals surface area contributed by atoms with Gasteiger partial charge in [0.1, 0.15) is 16.9 Å². The molecule has 4 nitrogen and oxygen atoms in total. The second kappa shape index (κ2) is 10.0. The van der Waals surface area contributed by atoms with Crippen molar-refractivity contribution in [2.24, 2.45) is 10.9 Å². The largest absolute Gasteiger partial charge is 0.452 e. The van der Waals surface area contributed by atoms with Gasteiger partial charge >= 0.3 is 0 Å². The number of hydrogen-bond acceptors (Lipinski definition) is 3. The van der Waals surface area contributed by atoms with Gasteiger partial charge in [-0.1, -0.05) is 50.3 Å². The molecule has 5 heteroatoms. The highest BCUT2D eigenvalue weighted by Crippen LogP contribution is 2.32. The van der Waals surface area contributed by atoms with Gasteiger partial charge in [-0.05, 0) is 37.0 Å². The molecule has 0 spiro atoms. The van der Waals surface area contributed by atoms with Gasteiger partial charge in [-0.3, -0.25) is 4.99 Å². The standard InChI is InChI=1S/C27H30ClN3O/c28-14-6-15-29-20-11-12-23-25(17-20)32-26-18-24(30-16-13-19-7-2-1-3-8-19)21-9-4-5-10-22(21)27(26)31-23/h4-5,9-12,17-19,30H,1-3,6-8,13-16H2/p+1. The van der Waals surface area contributed by atoms with E-state index < -0.39 is 0 Å². The van der Waals surface area contributed by atoms with Crippen LogP contribution in [-0.2, 0) is 0 Å². The lowest BCUT2D eigenvalue weighted by Crippen LogP contribution is -2.78. The molecule has 0 radical (unpaired) electrons. The molecule has 0 bridgehead atoms. The zero-order chi connectivity index (χ0) is 21.8. The molecule has 1 fully saturated rings. The zero-order valence-corrected chi connectivity index (χ0v) is 19.3. The first-order valence-corrected chi connectivity index (χ1v) is 12.5. The highest BCUT2D eigenvalue weighted by atomic mass is 35.5. The van der Waals surface area contributed by atoms with E-state index in [-0.39, 0.29) is 0 Å². The van der Waals surface area contributed by atoms with Crippen LogP contribution in [0.25, 0.3) is 33.3 Å². The van der Waals surface area contributed by atoms with Crippen LogP contribution in [0, 0.1) is 5.92 Å². The number of quaternary nitrogens is 1. The summed E-state index contributed by atoms with van der Waals surface area (Å²) in [5, 5.41) is 5.70. The number of halogens is 1. The van der Waals surface area contributed by atoms with E-state index in [1.54, 1.807) is 0 Å². The molecule has 0 amide bonds. The molecule has 1 saturated carbocycles. The lowest BCUT2D eigenvalue weighted by Gasteiger charge is -2.20. The van der Waals surface area contributed by atoms with Crippen LogP contribution in [0.1, 0.15) is 44.9 Å². The molecule has 1 heterocycles. The lowest BCUT2D eigenvalue weighted by molar-refractivity contribution is -0.571. The van der Waals surface area contributed by atoms with Crippen LogP contribution in [0.2, 0.25) is 0 Å².